The molecule has 0 saturated carbocycles. The lowest BCUT2D eigenvalue weighted by Crippen LogP contribution is -2.37. The average Bonchev–Trinajstić information content (AvgIpc) is 2.70. The minimum atomic E-state index is -0.611. The molecule has 1 heterocycles. The van der Waals surface area contributed by atoms with Gasteiger partial charge < -0.3 is 19.7 Å². The number of hydrogen-bond acceptors (Lipinski definition) is 4. The van der Waals surface area contributed by atoms with Crippen molar-refractivity contribution in [3.05, 3.63) is 53.3 Å². The van der Waals surface area contributed by atoms with Gasteiger partial charge >= 0.3 is 0 Å². The van der Waals surface area contributed by atoms with Gasteiger partial charge in [0.15, 0.2) is 11.5 Å². The highest BCUT2D eigenvalue weighted by atomic mass is 19.1. The predicted octanol–water partition coefficient (Wildman–Crippen LogP) is 2.97. The molecule has 28 heavy (non-hydrogen) atoms. The molecule has 2 amide bonds. The Morgan fingerprint density at radius 1 is 1.18 bits per heavy atom. The number of hydrogen-bond donors (Lipinski definition) is 1. The Labute approximate surface area is 163 Å². The molecule has 2 aromatic rings. The standard InChI is InChI=1S/C21H23FN2O4/c1-24(9-8-13-4-7-18(27-2)19(10-13)28-3)21(26)16-12-20(25)23-17-11-14(22)5-6-15(16)17/h4-7,10-11,16H,8-9,12H2,1-3H3,(H,23,25)/t16-/m1/s1. The number of fused-ring (bicyclic) bond motifs is 1. The first-order valence-electron chi connectivity index (χ1n) is 8.98. The van der Waals surface area contributed by atoms with Crippen LogP contribution < -0.4 is 14.8 Å². The second-order valence-corrected chi connectivity index (χ2v) is 6.74. The molecule has 0 fully saturated rings. The van der Waals surface area contributed by atoms with E-state index in [4.69, 9.17) is 9.47 Å². The molecule has 1 atom stereocenters. The highest BCUT2D eigenvalue weighted by Gasteiger charge is 2.32. The second kappa shape index (κ2) is 8.29. The third kappa shape index (κ3) is 4.08. The molecule has 0 aromatic heterocycles. The molecule has 1 aliphatic heterocycles. The number of carbonyl (C=O) groups is 2. The maximum Gasteiger partial charge on any atom is 0.230 e. The molecule has 2 aromatic carbocycles. The zero-order chi connectivity index (χ0) is 20.3. The van der Waals surface area contributed by atoms with E-state index >= 15 is 0 Å². The van der Waals surface area contributed by atoms with Gasteiger partial charge in [-0.2, -0.15) is 0 Å². The molecular formula is C21H23FN2O4. The van der Waals surface area contributed by atoms with Gasteiger partial charge in [-0.3, -0.25) is 9.59 Å². The molecule has 0 bridgehead atoms. The number of anilines is 1. The number of rotatable bonds is 6. The van der Waals surface area contributed by atoms with Gasteiger partial charge in [0.25, 0.3) is 0 Å². The summed E-state index contributed by atoms with van der Waals surface area (Å²) < 4.78 is 24.0. The van der Waals surface area contributed by atoms with E-state index in [9.17, 15) is 14.0 Å². The van der Waals surface area contributed by atoms with Gasteiger partial charge in [-0.25, -0.2) is 4.39 Å². The minimum Gasteiger partial charge on any atom is -0.493 e. The lowest BCUT2D eigenvalue weighted by atomic mass is 9.89. The number of amides is 2. The number of nitrogens with zero attached hydrogens (tertiary/aromatic N) is 1. The number of ether oxygens (including phenoxy) is 2. The van der Waals surface area contributed by atoms with Gasteiger partial charge in [0.1, 0.15) is 5.82 Å². The molecule has 1 N–H and O–H groups in total. The van der Waals surface area contributed by atoms with Crippen molar-refractivity contribution in [2.24, 2.45) is 0 Å². The average molecular weight is 386 g/mol. The highest BCUT2D eigenvalue weighted by Crippen LogP contribution is 2.34. The van der Waals surface area contributed by atoms with Crippen molar-refractivity contribution in [2.45, 2.75) is 18.8 Å². The zero-order valence-electron chi connectivity index (χ0n) is 16.1. The molecule has 6 nitrogen and oxygen atoms in total. The Morgan fingerprint density at radius 2 is 1.93 bits per heavy atom. The van der Waals surface area contributed by atoms with Crippen molar-refractivity contribution in [3.8, 4) is 11.5 Å². The van der Waals surface area contributed by atoms with E-state index < -0.39 is 11.7 Å². The quantitative estimate of drug-likeness (QED) is 0.829. The van der Waals surface area contributed by atoms with Gasteiger partial charge in [-0.15, -0.1) is 0 Å². The summed E-state index contributed by atoms with van der Waals surface area (Å²) in [5.74, 6) is -0.233. The molecule has 0 saturated heterocycles. The monoisotopic (exact) mass is 386 g/mol. The van der Waals surface area contributed by atoms with E-state index in [-0.39, 0.29) is 18.2 Å². The summed E-state index contributed by atoms with van der Waals surface area (Å²) in [4.78, 5) is 26.5. The van der Waals surface area contributed by atoms with Crippen molar-refractivity contribution in [1.82, 2.24) is 4.90 Å². The van der Waals surface area contributed by atoms with Crippen LogP contribution in [0.2, 0.25) is 0 Å². The smallest absolute Gasteiger partial charge is 0.230 e. The van der Waals surface area contributed by atoms with Crippen molar-refractivity contribution >= 4 is 17.5 Å². The van der Waals surface area contributed by atoms with Gasteiger partial charge in [0.05, 0.1) is 20.1 Å². The Balaban J connectivity index is 1.71. The van der Waals surface area contributed by atoms with Crippen LogP contribution >= 0.6 is 0 Å². The third-order valence-corrected chi connectivity index (χ3v) is 4.91. The molecule has 1 aliphatic rings. The van der Waals surface area contributed by atoms with Gasteiger partial charge in [0.2, 0.25) is 11.8 Å². The third-order valence-electron chi connectivity index (χ3n) is 4.91. The topological polar surface area (TPSA) is 67.9 Å². The Morgan fingerprint density at radius 3 is 2.64 bits per heavy atom. The largest absolute Gasteiger partial charge is 0.493 e. The molecule has 148 valence electrons. The van der Waals surface area contributed by atoms with Crippen molar-refractivity contribution in [2.75, 3.05) is 33.1 Å². The van der Waals surface area contributed by atoms with E-state index in [1.54, 1.807) is 32.2 Å². The van der Waals surface area contributed by atoms with Crippen molar-refractivity contribution < 1.29 is 23.5 Å². The molecule has 0 spiro atoms. The molecule has 0 radical (unpaired) electrons. The van der Waals surface area contributed by atoms with Gasteiger partial charge in [-0.05, 0) is 41.8 Å². The maximum absolute atomic E-state index is 13.5. The maximum atomic E-state index is 13.5. The van der Waals surface area contributed by atoms with Gasteiger partial charge in [0, 0.05) is 25.7 Å². The molecular weight excluding hydrogens is 363 g/mol. The first-order chi connectivity index (χ1) is 13.4. The highest BCUT2D eigenvalue weighted by molar-refractivity contribution is 6.01. The number of benzene rings is 2. The number of methoxy groups -OCH3 is 2. The zero-order valence-corrected chi connectivity index (χ0v) is 16.1. The van der Waals surface area contributed by atoms with E-state index in [2.05, 4.69) is 5.32 Å². The predicted molar refractivity (Wildman–Crippen MR) is 103 cm³/mol. The minimum absolute atomic E-state index is 0.0537. The SMILES string of the molecule is COc1ccc(CCN(C)C(=O)[C@@H]2CC(=O)Nc3cc(F)ccc32)cc1OC. The summed E-state index contributed by atoms with van der Waals surface area (Å²) >= 11 is 0. The number of halogens is 1. The van der Waals surface area contributed by atoms with Crippen LogP contribution in [0.1, 0.15) is 23.5 Å². The fourth-order valence-corrected chi connectivity index (χ4v) is 3.37. The summed E-state index contributed by atoms with van der Waals surface area (Å²) in [6, 6.07) is 9.74. The lowest BCUT2D eigenvalue weighted by molar-refractivity contribution is -0.133. The lowest BCUT2D eigenvalue weighted by Gasteiger charge is -2.28. The van der Waals surface area contributed by atoms with Crippen LogP contribution in [0.15, 0.2) is 36.4 Å². The Kier molecular flexibility index (Phi) is 5.82. The van der Waals surface area contributed by atoms with Crippen LogP contribution in [0.5, 0.6) is 11.5 Å². The van der Waals surface area contributed by atoms with E-state index in [0.717, 1.165) is 5.56 Å². The van der Waals surface area contributed by atoms with Crippen LogP contribution in [0.4, 0.5) is 10.1 Å². The molecule has 0 unspecified atom stereocenters. The van der Waals surface area contributed by atoms with E-state index in [0.29, 0.717) is 35.7 Å². The molecule has 0 aliphatic carbocycles. The first kappa shape index (κ1) is 19.7. The Bertz CT molecular complexity index is 900. The van der Waals surface area contributed by atoms with Crippen LogP contribution in [0, 0.1) is 5.82 Å². The van der Waals surface area contributed by atoms with Crippen LogP contribution in [0.3, 0.4) is 0 Å². The molecule has 7 heteroatoms. The Hall–Kier alpha value is -3.09. The van der Waals surface area contributed by atoms with E-state index in [1.165, 1.54) is 12.1 Å². The number of nitrogens with one attached hydrogen (secondary N) is 1. The normalized spacial score (nSPS) is 15.4. The first-order valence-corrected chi connectivity index (χ1v) is 8.98. The summed E-state index contributed by atoms with van der Waals surface area (Å²) in [5.41, 5.74) is 2.01. The van der Waals surface area contributed by atoms with Crippen LogP contribution in [-0.4, -0.2) is 44.5 Å². The summed E-state index contributed by atoms with van der Waals surface area (Å²) in [6.07, 6.45) is 0.677. The van der Waals surface area contributed by atoms with Crippen molar-refractivity contribution in [3.63, 3.8) is 0 Å². The summed E-state index contributed by atoms with van der Waals surface area (Å²) in [5, 5.41) is 2.63. The number of carbonyl (C=O) groups excluding carboxylic acids is 2. The fourth-order valence-electron chi connectivity index (χ4n) is 3.37. The van der Waals surface area contributed by atoms with E-state index in [1.807, 2.05) is 18.2 Å². The summed E-state index contributed by atoms with van der Waals surface area (Å²) in [6.45, 7) is 0.475. The summed E-state index contributed by atoms with van der Waals surface area (Å²) in [7, 11) is 4.86. The second-order valence-electron chi connectivity index (χ2n) is 6.74. The van der Waals surface area contributed by atoms with Crippen LogP contribution in [-0.2, 0) is 16.0 Å². The van der Waals surface area contributed by atoms with Gasteiger partial charge in [-0.1, -0.05) is 12.1 Å². The van der Waals surface area contributed by atoms with Crippen molar-refractivity contribution in [1.29, 1.82) is 0 Å². The van der Waals surface area contributed by atoms with Crippen LogP contribution in [0.25, 0.3) is 0 Å². The molecule has 3 rings (SSSR count). The number of likely N-dealkylation sites (N-methyl/N-ethyl adjacent to an activating group) is 1. The fraction of sp³-hybridized carbons (Fsp3) is 0.333.